The van der Waals surface area contributed by atoms with E-state index in [0.717, 1.165) is 10.1 Å². The first-order valence-corrected chi connectivity index (χ1v) is 16.1. The van der Waals surface area contributed by atoms with Gasteiger partial charge in [0.25, 0.3) is 0 Å². The van der Waals surface area contributed by atoms with Gasteiger partial charge in [-0.3, -0.25) is 9.09 Å². The van der Waals surface area contributed by atoms with Crippen molar-refractivity contribution < 1.29 is 61.4 Å². The summed E-state index contributed by atoms with van der Waals surface area (Å²) in [6.45, 7) is -0.615. The molecule has 0 bridgehead atoms. The van der Waals surface area contributed by atoms with Gasteiger partial charge in [0.15, 0.2) is 6.23 Å². The van der Waals surface area contributed by atoms with Crippen molar-refractivity contribution in [2.24, 2.45) is 0 Å². The smallest absolute Gasteiger partial charge is 0.387 e. The van der Waals surface area contributed by atoms with Crippen molar-refractivity contribution >= 4 is 29.3 Å². The zero-order chi connectivity index (χ0) is 30.9. The molecule has 0 radical (unpaired) electrons. The number of nitrogens with two attached hydrogens (primary N) is 1. The lowest BCUT2D eigenvalue weighted by Crippen LogP contribution is -2.36. The average molecular weight is 654 g/mol. The molecule has 230 valence electrons. The number of aromatic nitrogens is 5. The number of nitrogen functional groups attached to an aromatic ring is 1. The molecule has 1 aliphatic rings. The van der Waals surface area contributed by atoms with Crippen LogP contribution in [0, 0.1) is 0 Å². The number of anilines is 1. The maximum atomic E-state index is 12.6. The number of hydrogen-bond donors (Lipinski definition) is 7. The van der Waals surface area contributed by atoms with Gasteiger partial charge < -0.3 is 40.3 Å². The largest absolute Gasteiger partial charge is 0.490 e. The van der Waals surface area contributed by atoms with Gasteiger partial charge in [-0.25, -0.2) is 23.2 Å². The second kappa shape index (κ2) is 12.5. The average Bonchev–Trinajstić information content (AvgIpc) is 3.41. The molecule has 0 spiro atoms. The zero-order valence-electron chi connectivity index (χ0n) is 21.1. The lowest BCUT2D eigenvalue weighted by atomic mass is 10.1. The molecule has 3 unspecified atom stereocenters. The number of benzene rings is 1. The van der Waals surface area contributed by atoms with Gasteiger partial charge in [0.05, 0.1) is 18.8 Å². The summed E-state index contributed by atoms with van der Waals surface area (Å²) in [6, 6.07) is 9.46. The maximum absolute atomic E-state index is 12.6. The molecule has 0 amide bonds. The molecule has 0 aliphatic carbocycles. The van der Waals surface area contributed by atoms with Crippen LogP contribution in [-0.4, -0.2) is 79.3 Å². The number of nitrogens with zero attached hydrogens (tertiary/aromatic N) is 5. The van der Waals surface area contributed by atoms with Gasteiger partial charge in [-0.2, -0.15) is 13.6 Å². The lowest BCUT2D eigenvalue weighted by Gasteiger charge is -2.19. The fourth-order valence-electron chi connectivity index (χ4n) is 3.87. The van der Waals surface area contributed by atoms with Gasteiger partial charge >= 0.3 is 29.2 Å². The Bertz CT molecular complexity index is 1610. The molecule has 1 aromatic carbocycles. The number of aliphatic hydroxyl groups excluding tert-OH is 2. The molecule has 3 aromatic rings. The standard InChI is InChI=1S/C19H25N6O14P3/c20-17-12(6-13-9-24(23-22-13)7-11-4-2-1-3-5-11)8-25(19(28)21-17)18-16(27)15(26)14(37-18)10-36-41(32,33)39-42(34,35)38-40(29,30)31/h1-5,8-9,14-16,18,26-27H,6-7,10H2,(H,32,33)(H,34,35)(H2,20,21,28)(H2,29,30,31)/t14-,15?,16+,18-/m1/s1. The first kappa shape index (κ1) is 32.2. The van der Waals surface area contributed by atoms with Crippen LogP contribution < -0.4 is 11.4 Å². The van der Waals surface area contributed by atoms with Crippen LogP contribution in [-0.2, 0) is 44.5 Å². The maximum Gasteiger partial charge on any atom is 0.490 e. The van der Waals surface area contributed by atoms with Gasteiger partial charge in [-0.1, -0.05) is 35.5 Å². The van der Waals surface area contributed by atoms with E-state index in [1.165, 1.54) is 6.20 Å². The minimum Gasteiger partial charge on any atom is -0.387 e. The van der Waals surface area contributed by atoms with Gasteiger partial charge in [-0.15, -0.1) is 5.10 Å². The van der Waals surface area contributed by atoms with Crippen molar-refractivity contribution in [3.63, 3.8) is 0 Å². The number of phosphoric acid groups is 3. The van der Waals surface area contributed by atoms with E-state index >= 15 is 0 Å². The Morgan fingerprint density at radius 3 is 2.33 bits per heavy atom. The Balaban J connectivity index is 1.44. The predicted octanol–water partition coefficient (Wildman–Crippen LogP) is -0.981. The summed E-state index contributed by atoms with van der Waals surface area (Å²) in [7, 11) is -16.9. The van der Waals surface area contributed by atoms with E-state index in [4.69, 9.17) is 20.3 Å². The SMILES string of the molecule is Nc1nc(=O)n([C@@H]2O[C@H](COP(=O)(O)OP(=O)(O)OP(=O)(O)O)C(O)[C@@H]2O)cc1Cc1cn(Cc2ccccc2)nn1. The molecular formula is C19H25N6O14P3. The summed E-state index contributed by atoms with van der Waals surface area (Å²) in [4.78, 5) is 52.3. The highest BCUT2D eigenvalue weighted by Gasteiger charge is 2.47. The normalized spacial score (nSPS) is 23.9. The summed E-state index contributed by atoms with van der Waals surface area (Å²) in [5.74, 6) is -0.147. The molecule has 3 heterocycles. The van der Waals surface area contributed by atoms with Crippen molar-refractivity contribution in [1.82, 2.24) is 24.5 Å². The molecule has 1 saturated heterocycles. The Morgan fingerprint density at radius 1 is 0.976 bits per heavy atom. The number of hydrogen-bond acceptors (Lipinski definition) is 14. The van der Waals surface area contributed by atoms with Crippen molar-refractivity contribution in [3.05, 3.63) is 70.0 Å². The molecule has 42 heavy (non-hydrogen) atoms. The third kappa shape index (κ3) is 8.46. The van der Waals surface area contributed by atoms with E-state index in [0.29, 0.717) is 12.2 Å². The molecule has 0 saturated carbocycles. The molecule has 20 nitrogen and oxygen atoms in total. The van der Waals surface area contributed by atoms with Crippen molar-refractivity contribution in [2.45, 2.75) is 37.5 Å². The van der Waals surface area contributed by atoms with E-state index in [1.54, 1.807) is 10.9 Å². The number of aliphatic hydroxyl groups is 2. The first-order chi connectivity index (χ1) is 19.5. The molecule has 1 aliphatic heterocycles. The summed E-state index contributed by atoms with van der Waals surface area (Å²) >= 11 is 0. The summed E-state index contributed by atoms with van der Waals surface area (Å²) in [6.07, 6.45) is -3.90. The Hall–Kier alpha value is -2.67. The monoisotopic (exact) mass is 654 g/mol. The summed E-state index contributed by atoms with van der Waals surface area (Å²) in [5.41, 5.74) is 6.66. The highest BCUT2D eigenvalue weighted by molar-refractivity contribution is 7.66. The van der Waals surface area contributed by atoms with Crippen molar-refractivity contribution in [3.8, 4) is 0 Å². The third-order valence-electron chi connectivity index (χ3n) is 5.64. The van der Waals surface area contributed by atoms with Crippen molar-refractivity contribution in [2.75, 3.05) is 12.3 Å². The predicted molar refractivity (Wildman–Crippen MR) is 137 cm³/mol. The fraction of sp³-hybridized carbons (Fsp3) is 0.368. The molecule has 4 rings (SSSR count). The molecule has 1 fully saturated rings. The highest BCUT2D eigenvalue weighted by atomic mass is 31.3. The topological polar surface area (TPSA) is 301 Å². The summed E-state index contributed by atoms with van der Waals surface area (Å²) < 4.78 is 53.7. The summed E-state index contributed by atoms with van der Waals surface area (Å²) in [5, 5.41) is 29.0. The minimum atomic E-state index is -5.78. The lowest BCUT2D eigenvalue weighted by molar-refractivity contribution is -0.0542. The first-order valence-electron chi connectivity index (χ1n) is 11.6. The highest BCUT2D eigenvalue weighted by Crippen LogP contribution is 2.66. The van der Waals surface area contributed by atoms with Crippen LogP contribution in [0.25, 0.3) is 0 Å². The van der Waals surface area contributed by atoms with Crippen LogP contribution in [0.4, 0.5) is 5.82 Å². The van der Waals surface area contributed by atoms with Crippen LogP contribution in [0.15, 0.2) is 47.5 Å². The van der Waals surface area contributed by atoms with E-state index in [2.05, 4.69) is 28.4 Å². The van der Waals surface area contributed by atoms with Crippen LogP contribution in [0.1, 0.15) is 23.0 Å². The van der Waals surface area contributed by atoms with E-state index in [9.17, 15) is 38.5 Å². The number of rotatable bonds is 12. The van der Waals surface area contributed by atoms with Crippen LogP contribution >= 0.6 is 23.5 Å². The zero-order valence-corrected chi connectivity index (χ0v) is 23.8. The van der Waals surface area contributed by atoms with Crippen molar-refractivity contribution in [1.29, 1.82) is 0 Å². The minimum absolute atomic E-state index is 0.0642. The molecular weight excluding hydrogens is 629 g/mol. The second-order valence-corrected chi connectivity index (χ2v) is 13.3. The van der Waals surface area contributed by atoms with Gasteiger partial charge in [0.1, 0.15) is 24.1 Å². The molecule has 6 atom stereocenters. The van der Waals surface area contributed by atoms with Gasteiger partial charge in [0.2, 0.25) is 0 Å². The molecule has 8 N–H and O–H groups in total. The third-order valence-corrected chi connectivity index (χ3v) is 9.44. The Kier molecular flexibility index (Phi) is 9.61. The van der Waals surface area contributed by atoms with E-state index in [1.807, 2.05) is 30.3 Å². The molecule has 23 heteroatoms. The van der Waals surface area contributed by atoms with Crippen LogP contribution in [0.3, 0.4) is 0 Å². The molecule has 2 aromatic heterocycles. The number of phosphoric ester groups is 1. The quantitative estimate of drug-likeness (QED) is 0.115. The second-order valence-electron chi connectivity index (χ2n) is 8.84. The Morgan fingerprint density at radius 2 is 1.67 bits per heavy atom. The van der Waals surface area contributed by atoms with Crippen LogP contribution in [0.5, 0.6) is 0 Å². The number of ether oxygens (including phenoxy) is 1. The van der Waals surface area contributed by atoms with E-state index in [-0.39, 0.29) is 17.8 Å². The van der Waals surface area contributed by atoms with Gasteiger partial charge in [-0.05, 0) is 5.56 Å². The van der Waals surface area contributed by atoms with E-state index < -0.39 is 60.3 Å². The fourth-order valence-corrected chi connectivity index (χ4v) is 6.90. The van der Waals surface area contributed by atoms with Gasteiger partial charge in [0, 0.05) is 24.4 Å². The van der Waals surface area contributed by atoms with Crippen LogP contribution in [0.2, 0.25) is 0 Å². The Labute approximate surface area is 235 Å².